The van der Waals surface area contributed by atoms with Gasteiger partial charge < -0.3 is 16.4 Å². The second kappa shape index (κ2) is 8.97. The molecule has 0 aromatic carbocycles. The molecule has 0 spiro atoms. The highest BCUT2D eigenvalue weighted by Gasteiger charge is 2.06. The molecule has 0 radical (unpaired) electrons. The van der Waals surface area contributed by atoms with E-state index in [1.54, 1.807) is 0 Å². The fourth-order valence-corrected chi connectivity index (χ4v) is 1.27. The van der Waals surface area contributed by atoms with E-state index < -0.39 is 0 Å². The van der Waals surface area contributed by atoms with Crippen LogP contribution in [0.4, 0.5) is 0 Å². The maximum absolute atomic E-state index is 11.3. The predicted molar refractivity (Wildman–Crippen MR) is 59.1 cm³/mol. The van der Waals surface area contributed by atoms with Gasteiger partial charge in [0.15, 0.2) is 0 Å². The first-order valence-corrected chi connectivity index (χ1v) is 5.40. The lowest BCUT2D eigenvalue weighted by molar-refractivity contribution is -0.121. The van der Waals surface area contributed by atoms with E-state index in [2.05, 4.69) is 10.6 Å². The van der Waals surface area contributed by atoms with E-state index in [-0.39, 0.29) is 11.9 Å². The van der Waals surface area contributed by atoms with Crippen LogP contribution in [0, 0.1) is 0 Å². The van der Waals surface area contributed by atoms with Crippen molar-refractivity contribution in [2.75, 3.05) is 19.6 Å². The van der Waals surface area contributed by atoms with Crippen molar-refractivity contribution in [3.05, 3.63) is 0 Å². The average molecular weight is 201 g/mol. The summed E-state index contributed by atoms with van der Waals surface area (Å²) in [5.41, 5.74) is 5.34. The normalized spacial score (nSPS) is 12.5. The van der Waals surface area contributed by atoms with E-state index in [4.69, 9.17) is 5.73 Å². The highest BCUT2D eigenvalue weighted by molar-refractivity contribution is 5.76. The first-order chi connectivity index (χ1) is 6.70. The lowest BCUT2D eigenvalue weighted by atomic mass is 10.2. The molecule has 0 rings (SSSR count). The number of unbranched alkanes of at least 4 members (excludes halogenated alkanes) is 1. The molecule has 1 amide bonds. The summed E-state index contributed by atoms with van der Waals surface area (Å²) >= 11 is 0. The minimum Gasteiger partial charge on any atom is -0.356 e. The summed E-state index contributed by atoms with van der Waals surface area (Å²) in [4.78, 5) is 11.3. The van der Waals surface area contributed by atoms with Crippen molar-refractivity contribution in [2.24, 2.45) is 5.73 Å². The standard InChI is InChI=1S/C10H23N3O/c1-3-12-9(2)8-10(14)13-7-5-4-6-11/h9,12H,3-8,11H2,1-2H3,(H,13,14). The van der Waals surface area contributed by atoms with Crippen molar-refractivity contribution >= 4 is 5.91 Å². The molecule has 0 aliphatic carbocycles. The minimum atomic E-state index is 0.121. The molecule has 4 nitrogen and oxygen atoms in total. The molecule has 0 aromatic rings. The van der Waals surface area contributed by atoms with Crippen LogP contribution < -0.4 is 16.4 Å². The van der Waals surface area contributed by atoms with Crippen LogP contribution in [0.2, 0.25) is 0 Å². The number of carbonyl (C=O) groups is 1. The van der Waals surface area contributed by atoms with Gasteiger partial charge in [0.25, 0.3) is 0 Å². The molecule has 1 unspecified atom stereocenters. The van der Waals surface area contributed by atoms with Crippen molar-refractivity contribution in [3.63, 3.8) is 0 Å². The fourth-order valence-electron chi connectivity index (χ4n) is 1.27. The summed E-state index contributed by atoms with van der Waals surface area (Å²) in [6, 6.07) is 0.259. The van der Waals surface area contributed by atoms with Crippen LogP contribution in [-0.4, -0.2) is 31.6 Å². The third kappa shape index (κ3) is 8.01. The van der Waals surface area contributed by atoms with Crippen LogP contribution in [-0.2, 0) is 4.79 Å². The van der Waals surface area contributed by atoms with Crippen LogP contribution in [0.5, 0.6) is 0 Å². The molecule has 0 aromatic heterocycles. The highest BCUT2D eigenvalue weighted by atomic mass is 16.1. The molecule has 0 aliphatic rings. The number of hydrogen-bond acceptors (Lipinski definition) is 3. The number of hydrogen-bond donors (Lipinski definition) is 3. The summed E-state index contributed by atoms with van der Waals surface area (Å²) in [5, 5.41) is 6.07. The first-order valence-electron chi connectivity index (χ1n) is 5.40. The van der Waals surface area contributed by atoms with Gasteiger partial charge in [0, 0.05) is 19.0 Å². The van der Waals surface area contributed by atoms with Crippen LogP contribution in [0.3, 0.4) is 0 Å². The molecule has 14 heavy (non-hydrogen) atoms. The second-order valence-corrected chi connectivity index (χ2v) is 3.51. The second-order valence-electron chi connectivity index (χ2n) is 3.51. The molecule has 0 aliphatic heterocycles. The molecule has 1 atom stereocenters. The molecular formula is C10H23N3O. The van der Waals surface area contributed by atoms with Crippen molar-refractivity contribution < 1.29 is 4.79 Å². The maximum Gasteiger partial charge on any atom is 0.221 e. The van der Waals surface area contributed by atoms with Gasteiger partial charge >= 0.3 is 0 Å². The Labute approximate surface area is 86.6 Å². The van der Waals surface area contributed by atoms with Gasteiger partial charge in [-0.3, -0.25) is 4.79 Å². The Kier molecular flexibility index (Phi) is 8.57. The fraction of sp³-hybridized carbons (Fsp3) is 0.900. The Bertz CT molecular complexity index is 150. The lowest BCUT2D eigenvalue weighted by Crippen LogP contribution is -2.34. The number of nitrogens with two attached hydrogens (primary N) is 1. The molecule has 84 valence electrons. The highest BCUT2D eigenvalue weighted by Crippen LogP contribution is 1.90. The Hall–Kier alpha value is -0.610. The molecule has 4 heteroatoms. The zero-order valence-corrected chi connectivity index (χ0v) is 9.31. The molecule has 0 saturated heterocycles. The summed E-state index contributed by atoms with van der Waals surface area (Å²) in [5.74, 6) is 0.121. The van der Waals surface area contributed by atoms with Gasteiger partial charge in [-0.15, -0.1) is 0 Å². The quantitative estimate of drug-likeness (QED) is 0.492. The monoisotopic (exact) mass is 201 g/mol. The molecular weight excluding hydrogens is 178 g/mol. The Balaban J connectivity index is 3.35. The first kappa shape index (κ1) is 13.4. The zero-order valence-electron chi connectivity index (χ0n) is 9.31. The molecule has 0 fully saturated rings. The van der Waals surface area contributed by atoms with Gasteiger partial charge in [-0.25, -0.2) is 0 Å². The molecule has 0 heterocycles. The topological polar surface area (TPSA) is 67.2 Å². The number of amides is 1. The van der Waals surface area contributed by atoms with Crippen molar-refractivity contribution in [1.29, 1.82) is 0 Å². The molecule has 0 bridgehead atoms. The van der Waals surface area contributed by atoms with Crippen LogP contribution >= 0.6 is 0 Å². The van der Waals surface area contributed by atoms with Crippen molar-refractivity contribution in [3.8, 4) is 0 Å². The van der Waals surface area contributed by atoms with E-state index in [1.165, 1.54) is 0 Å². The predicted octanol–water partition coefficient (Wildman–Crippen LogP) is 0.230. The molecule has 0 saturated carbocycles. The smallest absolute Gasteiger partial charge is 0.221 e. The summed E-state index contributed by atoms with van der Waals surface area (Å²) in [7, 11) is 0. The summed E-state index contributed by atoms with van der Waals surface area (Å²) in [6.07, 6.45) is 2.50. The number of nitrogens with one attached hydrogen (secondary N) is 2. The van der Waals surface area contributed by atoms with Gasteiger partial charge in [0.1, 0.15) is 0 Å². The average Bonchev–Trinajstić information content (AvgIpc) is 2.13. The van der Waals surface area contributed by atoms with Crippen LogP contribution in [0.25, 0.3) is 0 Å². The van der Waals surface area contributed by atoms with E-state index in [0.29, 0.717) is 13.0 Å². The van der Waals surface area contributed by atoms with E-state index in [1.807, 2.05) is 13.8 Å². The third-order valence-corrected chi connectivity index (χ3v) is 2.00. The van der Waals surface area contributed by atoms with E-state index in [9.17, 15) is 4.79 Å². The van der Waals surface area contributed by atoms with E-state index in [0.717, 1.165) is 25.9 Å². The Morgan fingerprint density at radius 2 is 2.14 bits per heavy atom. The third-order valence-electron chi connectivity index (χ3n) is 2.00. The molecule has 4 N–H and O–H groups in total. The van der Waals surface area contributed by atoms with Gasteiger partial charge in [-0.05, 0) is 32.9 Å². The van der Waals surface area contributed by atoms with Gasteiger partial charge in [0.2, 0.25) is 5.91 Å². The van der Waals surface area contributed by atoms with Crippen molar-refractivity contribution in [2.45, 2.75) is 39.2 Å². The minimum absolute atomic E-state index is 0.121. The van der Waals surface area contributed by atoms with E-state index >= 15 is 0 Å². The summed E-state index contributed by atoms with van der Waals surface area (Å²) in [6.45, 7) is 6.40. The van der Waals surface area contributed by atoms with Gasteiger partial charge in [-0.2, -0.15) is 0 Å². The maximum atomic E-state index is 11.3. The SMILES string of the molecule is CCNC(C)CC(=O)NCCCCN. The summed E-state index contributed by atoms with van der Waals surface area (Å²) < 4.78 is 0. The largest absolute Gasteiger partial charge is 0.356 e. The Morgan fingerprint density at radius 1 is 1.43 bits per heavy atom. The van der Waals surface area contributed by atoms with Crippen LogP contribution in [0.15, 0.2) is 0 Å². The van der Waals surface area contributed by atoms with Crippen molar-refractivity contribution in [1.82, 2.24) is 10.6 Å². The zero-order chi connectivity index (χ0) is 10.8. The van der Waals surface area contributed by atoms with Gasteiger partial charge in [0.05, 0.1) is 0 Å². The van der Waals surface area contributed by atoms with Crippen LogP contribution in [0.1, 0.15) is 33.1 Å². The Morgan fingerprint density at radius 3 is 2.71 bits per heavy atom. The lowest BCUT2D eigenvalue weighted by Gasteiger charge is -2.11. The van der Waals surface area contributed by atoms with Gasteiger partial charge in [-0.1, -0.05) is 6.92 Å². The number of carbonyl (C=O) groups excluding carboxylic acids is 1. The number of rotatable bonds is 8.